The zero-order chi connectivity index (χ0) is 25.3. The Morgan fingerprint density at radius 3 is 2.31 bits per heavy atom. The minimum Gasteiger partial charge on any atom is -0.320 e. The molecule has 0 aliphatic heterocycles. The van der Waals surface area contributed by atoms with Crippen LogP contribution in [0, 0.1) is 0 Å². The monoisotopic (exact) mass is 488 g/mol. The minimum absolute atomic E-state index is 0.144. The van der Waals surface area contributed by atoms with E-state index in [4.69, 9.17) is 11.6 Å². The van der Waals surface area contributed by atoms with E-state index in [2.05, 4.69) is 55.1 Å². The number of amides is 2. The van der Waals surface area contributed by atoms with Gasteiger partial charge in [0, 0.05) is 41.1 Å². The molecule has 0 bridgehead atoms. The van der Waals surface area contributed by atoms with Crippen molar-refractivity contribution in [3.63, 3.8) is 0 Å². The molecule has 4 rings (SSSR count). The molecule has 0 unspecified atom stereocenters. The van der Waals surface area contributed by atoms with Crippen molar-refractivity contribution in [1.82, 2.24) is 9.97 Å². The number of fused-ring (bicyclic) bond motifs is 1. The Balaban J connectivity index is 1.76. The van der Waals surface area contributed by atoms with Crippen molar-refractivity contribution in [3.05, 3.63) is 87.4 Å². The highest BCUT2D eigenvalue weighted by Crippen LogP contribution is 2.39. The predicted octanol–water partition coefficient (Wildman–Crippen LogP) is 7.16. The van der Waals surface area contributed by atoms with Crippen LogP contribution in [0.5, 0.6) is 0 Å². The number of H-pyrrole nitrogens is 1. The van der Waals surface area contributed by atoms with Crippen LogP contribution in [0.25, 0.3) is 22.0 Å². The Bertz CT molecular complexity index is 1430. The van der Waals surface area contributed by atoms with Gasteiger partial charge >= 0.3 is 6.03 Å². The number of pyridine rings is 2. The van der Waals surface area contributed by atoms with E-state index in [0.29, 0.717) is 10.5 Å². The number of hydrogen-bond acceptors (Lipinski definition) is 3. The molecule has 0 spiro atoms. The molecule has 0 radical (unpaired) electrons. The number of halogens is 1. The summed E-state index contributed by atoms with van der Waals surface area (Å²) in [6.45, 7) is 8.37. The van der Waals surface area contributed by atoms with Crippen LogP contribution in [-0.4, -0.2) is 23.0 Å². The van der Waals surface area contributed by atoms with Gasteiger partial charge in [-0.05, 0) is 58.9 Å². The van der Waals surface area contributed by atoms with Gasteiger partial charge in [-0.3, -0.25) is 14.7 Å². The fourth-order valence-corrected chi connectivity index (χ4v) is 4.42. The number of aromatic amines is 1. The van der Waals surface area contributed by atoms with Gasteiger partial charge in [-0.1, -0.05) is 57.5 Å². The lowest BCUT2D eigenvalue weighted by atomic mass is 9.88. The van der Waals surface area contributed by atoms with Crippen molar-refractivity contribution in [2.75, 3.05) is 17.3 Å². The Morgan fingerprint density at radius 1 is 1.03 bits per heavy atom. The van der Waals surface area contributed by atoms with Gasteiger partial charge in [0.1, 0.15) is 5.69 Å². The standard InChI is InChI=1S/C28H29ClN4O2/c1-16(2)21-12-18(20-8-6-7-9-23(20)29)13-22(17(3)4)26(21)32-28(35)33(5)25-14-19-15-30-11-10-24(19)31-27(25)34/h6-17H,1-5H3,(H,31,34)(H,32,35). The molecule has 2 aromatic heterocycles. The molecular weight excluding hydrogens is 460 g/mol. The summed E-state index contributed by atoms with van der Waals surface area (Å²) in [6, 6.07) is 14.9. The maximum Gasteiger partial charge on any atom is 0.326 e. The molecule has 0 saturated carbocycles. The van der Waals surface area contributed by atoms with E-state index >= 15 is 0 Å². The topological polar surface area (TPSA) is 78.1 Å². The highest BCUT2D eigenvalue weighted by Gasteiger charge is 2.22. The highest BCUT2D eigenvalue weighted by molar-refractivity contribution is 6.33. The van der Waals surface area contributed by atoms with E-state index in [-0.39, 0.29) is 23.1 Å². The Labute approximate surface area is 210 Å². The molecule has 2 amide bonds. The van der Waals surface area contributed by atoms with Crippen LogP contribution in [0.1, 0.15) is 50.7 Å². The molecule has 0 atom stereocenters. The summed E-state index contributed by atoms with van der Waals surface area (Å²) in [5.74, 6) is 0.288. The maximum absolute atomic E-state index is 13.4. The van der Waals surface area contributed by atoms with Crippen LogP contribution in [0.2, 0.25) is 5.02 Å². The third-order valence-electron chi connectivity index (χ3n) is 6.15. The summed E-state index contributed by atoms with van der Waals surface area (Å²) in [7, 11) is 1.59. The van der Waals surface area contributed by atoms with Crippen molar-refractivity contribution < 1.29 is 4.79 Å². The fourth-order valence-electron chi connectivity index (χ4n) is 4.18. The van der Waals surface area contributed by atoms with Gasteiger partial charge in [0.15, 0.2) is 0 Å². The van der Waals surface area contributed by atoms with E-state index in [9.17, 15) is 9.59 Å². The summed E-state index contributed by atoms with van der Waals surface area (Å²) in [4.78, 5) is 34.3. The molecule has 7 heteroatoms. The van der Waals surface area contributed by atoms with Crippen LogP contribution < -0.4 is 15.8 Å². The number of nitrogens with zero attached hydrogens (tertiary/aromatic N) is 2. The number of nitrogens with one attached hydrogen (secondary N) is 2. The molecule has 2 aromatic carbocycles. The molecule has 2 heterocycles. The summed E-state index contributed by atoms with van der Waals surface area (Å²) < 4.78 is 0. The van der Waals surface area contributed by atoms with Gasteiger partial charge < -0.3 is 10.3 Å². The molecule has 4 aromatic rings. The Kier molecular flexibility index (Phi) is 6.94. The van der Waals surface area contributed by atoms with E-state index < -0.39 is 6.03 Å². The van der Waals surface area contributed by atoms with Gasteiger partial charge in [0.05, 0.1) is 5.52 Å². The first-order valence-electron chi connectivity index (χ1n) is 11.6. The van der Waals surface area contributed by atoms with Crippen LogP contribution in [0.15, 0.2) is 65.7 Å². The first-order chi connectivity index (χ1) is 16.7. The molecule has 0 aliphatic carbocycles. The van der Waals surface area contributed by atoms with Gasteiger partial charge in [-0.15, -0.1) is 0 Å². The molecule has 6 nitrogen and oxygen atoms in total. The van der Waals surface area contributed by atoms with Gasteiger partial charge in [0.25, 0.3) is 5.56 Å². The first-order valence-corrected chi connectivity index (χ1v) is 12.0. The fraction of sp³-hybridized carbons (Fsp3) is 0.250. The number of aromatic nitrogens is 2. The lowest BCUT2D eigenvalue weighted by molar-refractivity contribution is 0.258. The normalized spacial score (nSPS) is 11.3. The molecular formula is C28H29ClN4O2. The van der Waals surface area contributed by atoms with E-state index in [1.807, 2.05) is 24.3 Å². The van der Waals surface area contributed by atoms with Crippen molar-refractivity contribution in [3.8, 4) is 11.1 Å². The van der Waals surface area contributed by atoms with Crippen LogP contribution in [0.3, 0.4) is 0 Å². The van der Waals surface area contributed by atoms with E-state index in [1.165, 1.54) is 4.90 Å². The van der Waals surface area contributed by atoms with Crippen molar-refractivity contribution in [1.29, 1.82) is 0 Å². The van der Waals surface area contributed by atoms with Crippen LogP contribution in [0.4, 0.5) is 16.2 Å². The average molecular weight is 489 g/mol. The highest BCUT2D eigenvalue weighted by atomic mass is 35.5. The van der Waals surface area contributed by atoms with Gasteiger partial charge in [-0.25, -0.2) is 4.79 Å². The molecule has 2 N–H and O–H groups in total. The lowest BCUT2D eigenvalue weighted by Gasteiger charge is -2.25. The molecule has 0 fully saturated rings. The molecule has 180 valence electrons. The smallest absolute Gasteiger partial charge is 0.320 e. The third-order valence-corrected chi connectivity index (χ3v) is 6.48. The zero-order valence-corrected chi connectivity index (χ0v) is 21.3. The zero-order valence-electron chi connectivity index (χ0n) is 20.5. The second kappa shape index (κ2) is 9.92. The second-order valence-electron chi connectivity index (χ2n) is 9.25. The quantitative estimate of drug-likeness (QED) is 0.313. The number of carbonyl (C=O) groups excluding carboxylic acids is 1. The van der Waals surface area contributed by atoms with E-state index in [1.54, 1.807) is 31.6 Å². The van der Waals surface area contributed by atoms with E-state index in [0.717, 1.165) is 33.3 Å². The molecule has 0 saturated heterocycles. The summed E-state index contributed by atoms with van der Waals surface area (Å²) in [5.41, 5.74) is 5.30. The SMILES string of the molecule is CC(C)c1cc(-c2ccccc2Cl)cc(C(C)C)c1NC(=O)N(C)c1cc2cnccc2[nH]c1=O. The van der Waals surface area contributed by atoms with Crippen LogP contribution >= 0.6 is 11.6 Å². The summed E-state index contributed by atoms with van der Waals surface area (Å²) in [6.07, 6.45) is 3.27. The number of urea groups is 1. The second-order valence-corrected chi connectivity index (χ2v) is 9.66. The number of anilines is 2. The predicted molar refractivity (Wildman–Crippen MR) is 145 cm³/mol. The largest absolute Gasteiger partial charge is 0.326 e. The summed E-state index contributed by atoms with van der Waals surface area (Å²) in [5, 5.41) is 4.52. The van der Waals surface area contributed by atoms with Gasteiger partial charge in [0.2, 0.25) is 0 Å². The van der Waals surface area contributed by atoms with Crippen LogP contribution in [-0.2, 0) is 0 Å². The maximum atomic E-state index is 13.4. The lowest BCUT2D eigenvalue weighted by Crippen LogP contribution is -2.35. The third kappa shape index (κ3) is 4.93. The number of carbonyl (C=O) groups is 1. The number of hydrogen-bond donors (Lipinski definition) is 2. The molecule has 0 aliphatic rings. The van der Waals surface area contributed by atoms with Crippen molar-refractivity contribution in [2.24, 2.45) is 0 Å². The average Bonchev–Trinajstić information content (AvgIpc) is 2.83. The van der Waals surface area contributed by atoms with Crippen molar-refractivity contribution in [2.45, 2.75) is 39.5 Å². The minimum atomic E-state index is -0.395. The van der Waals surface area contributed by atoms with Crippen molar-refractivity contribution >= 4 is 39.9 Å². The Morgan fingerprint density at radius 2 is 1.69 bits per heavy atom. The first kappa shape index (κ1) is 24.5. The summed E-state index contributed by atoms with van der Waals surface area (Å²) >= 11 is 6.50. The Hall–Kier alpha value is -3.64. The van der Waals surface area contributed by atoms with Gasteiger partial charge in [-0.2, -0.15) is 0 Å². The number of benzene rings is 2. The molecule has 35 heavy (non-hydrogen) atoms. The number of rotatable bonds is 5.